The van der Waals surface area contributed by atoms with Crippen molar-refractivity contribution < 1.29 is 37.0 Å². The zero-order chi connectivity index (χ0) is 26.7. The van der Waals surface area contributed by atoms with Crippen LogP contribution in [0.15, 0.2) is 60.8 Å². The molecule has 0 bridgehead atoms. The van der Waals surface area contributed by atoms with Crippen molar-refractivity contribution >= 4 is 40.0 Å². The predicted octanol–water partition coefficient (Wildman–Crippen LogP) is 5.30. The first-order chi connectivity index (χ1) is 17.6. The van der Waals surface area contributed by atoms with Crippen LogP contribution in [-0.2, 0) is 6.18 Å². The molecule has 0 atom stereocenters. The molecule has 0 radical (unpaired) electrons. The minimum atomic E-state index is -4.70. The number of carbonyl (C=O) groups excluding carboxylic acids is 2. The van der Waals surface area contributed by atoms with Gasteiger partial charge >= 0.3 is 6.18 Å². The SMILES string of the molecule is O=C(Nc1cccc(C(=O)c2ccc3ncc(OCCO)nc3c2)c1F)c1ccc(C(F)(F)F)c(Cl)c1. The van der Waals surface area contributed by atoms with E-state index in [0.717, 1.165) is 12.1 Å². The lowest BCUT2D eigenvalue weighted by Crippen LogP contribution is -2.15. The Morgan fingerprint density at radius 3 is 2.49 bits per heavy atom. The number of aliphatic hydroxyl groups is 1. The van der Waals surface area contributed by atoms with Gasteiger partial charge in [-0.3, -0.25) is 9.59 Å². The van der Waals surface area contributed by atoms with Gasteiger partial charge in [-0.25, -0.2) is 14.4 Å². The Balaban J connectivity index is 1.59. The Hall–Kier alpha value is -4.09. The van der Waals surface area contributed by atoms with Gasteiger partial charge < -0.3 is 15.2 Å². The molecule has 0 aliphatic carbocycles. The third-order valence-corrected chi connectivity index (χ3v) is 5.46. The van der Waals surface area contributed by atoms with Gasteiger partial charge in [0.15, 0.2) is 11.6 Å². The van der Waals surface area contributed by atoms with Crippen LogP contribution in [0.5, 0.6) is 5.88 Å². The fourth-order valence-corrected chi connectivity index (χ4v) is 3.68. The van der Waals surface area contributed by atoms with Crippen molar-refractivity contribution in [1.82, 2.24) is 9.97 Å². The van der Waals surface area contributed by atoms with Crippen LogP contribution in [-0.4, -0.2) is 40.0 Å². The zero-order valence-corrected chi connectivity index (χ0v) is 19.4. The van der Waals surface area contributed by atoms with Gasteiger partial charge in [0.25, 0.3) is 5.91 Å². The number of hydrogen-bond acceptors (Lipinski definition) is 6. The van der Waals surface area contributed by atoms with Crippen LogP contribution >= 0.6 is 11.6 Å². The summed E-state index contributed by atoms with van der Waals surface area (Å²) in [5, 5.41) is 10.4. The number of nitrogens with one attached hydrogen (secondary N) is 1. The van der Waals surface area contributed by atoms with E-state index in [2.05, 4.69) is 15.3 Å². The van der Waals surface area contributed by atoms with Crippen molar-refractivity contribution in [3.63, 3.8) is 0 Å². The molecule has 0 aliphatic heterocycles. The number of anilines is 1. The smallest absolute Gasteiger partial charge is 0.417 e. The molecule has 4 aromatic rings. The number of rotatable bonds is 7. The minimum absolute atomic E-state index is 0.00120. The summed E-state index contributed by atoms with van der Waals surface area (Å²) in [4.78, 5) is 34.0. The van der Waals surface area contributed by atoms with Crippen molar-refractivity contribution in [1.29, 1.82) is 0 Å². The number of fused-ring (bicyclic) bond motifs is 1. The van der Waals surface area contributed by atoms with Crippen molar-refractivity contribution in [3.05, 3.63) is 93.9 Å². The van der Waals surface area contributed by atoms with E-state index in [9.17, 15) is 22.8 Å². The van der Waals surface area contributed by atoms with Gasteiger partial charge in [-0.1, -0.05) is 17.7 Å². The Morgan fingerprint density at radius 2 is 1.78 bits per heavy atom. The summed E-state index contributed by atoms with van der Waals surface area (Å²) in [6.45, 7) is -0.225. The number of ketones is 1. The summed E-state index contributed by atoms with van der Waals surface area (Å²) in [6, 6.07) is 10.5. The molecule has 0 fully saturated rings. The molecule has 37 heavy (non-hydrogen) atoms. The molecule has 4 rings (SSSR count). The fourth-order valence-electron chi connectivity index (χ4n) is 3.40. The van der Waals surface area contributed by atoms with Gasteiger partial charge in [-0.05, 0) is 48.5 Å². The predicted molar refractivity (Wildman–Crippen MR) is 126 cm³/mol. The normalized spacial score (nSPS) is 11.4. The standard InChI is InChI=1S/C25H16ClF4N3O4/c26-17-10-14(4-6-16(17)25(28,29)30)24(36)33-19-3-1-2-15(22(19)27)23(35)13-5-7-18-20(11-13)32-21(12-31-18)37-9-8-34/h1-7,10-12,34H,8-9H2,(H,33,36). The van der Waals surface area contributed by atoms with E-state index in [0.29, 0.717) is 17.1 Å². The lowest BCUT2D eigenvalue weighted by atomic mass is 10.0. The molecule has 1 aromatic heterocycles. The number of benzene rings is 3. The van der Waals surface area contributed by atoms with Gasteiger partial charge in [0.05, 0.1) is 45.7 Å². The van der Waals surface area contributed by atoms with E-state index in [1.165, 1.54) is 42.6 Å². The minimum Gasteiger partial charge on any atom is -0.474 e. The molecule has 0 aliphatic rings. The molecule has 0 saturated heterocycles. The molecule has 2 N–H and O–H groups in total. The summed E-state index contributed by atoms with van der Waals surface area (Å²) < 4.78 is 59.2. The third-order valence-electron chi connectivity index (χ3n) is 5.15. The van der Waals surface area contributed by atoms with Crippen LogP contribution in [0.4, 0.5) is 23.2 Å². The number of carbonyl (C=O) groups is 2. The number of ether oxygens (including phenoxy) is 1. The molecule has 190 valence electrons. The Labute approximate surface area is 211 Å². The summed E-state index contributed by atoms with van der Waals surface area (Å²) in [6.07, 6.45) is -3.34. The van der Waals surface area contributed by atoms with Crippen LogP contribution in [0.3, 0.4) is 0 Å². The van der Waals surface area contributed by atoms with Gasteiger partial charge in [0.1, 0.15) is 6.61 Å². The number of aliphatic hydroxyl groups excluding tert-OH is 1. The molecule has 7 nitrogen and oxygen atoms in total. The molecule has 1 heterocycles. The highest BCUT2D eigenvalue weighted by molar-refractivity contribution is 6.32. The molecular formula is C25H16ClF4N3O4. The summed E-state index contributed by atoms with van der Waals surface area (Å²) in [7, 11) is 0. The highest BCUT2D eigenvalue weighted by atomic mass is 35.5. The van der Waals surface area contributed by atoms with E-state index < -0.39 is 34.3 Å². The second kappa shape index (κ2) is 10.5. The van der Waals surface area contributed by atoms with Crippen LogP contribution in [0, 0.1) is 5.82 Å². The van der Waals surface area contributed by atoms with Gasteiger partial charge in [-0.2, -0.15) is 13.2 Å². The van der Waals surface area contributed by atoms with Crippen LogP contribution < -0.4 is 10.1 Å². The summed E-state index contributed by atoms with van der Waals surface area (Å²) >= 11 is 5.66. The van der Waals surface area contributed by atoms with Crippen LogP contribution in [0.1, 0.15) is 31.8 Å². The number of aromatic nitrogens is 2. The first-order valence-corrected chi connectivity index (χ1v) is 11.0. The van der Waals surface area contributed by atoms with Crippen molar-refractivity contribution in [3.8, 4) is 5.88 Å². The first kappa shape index (κ1) is 26.0. The number of alkyl halides is 3. The average Bonchev–Trinajstić information content (AvgIpc) is 2.87. The van der Waals surface area contributed by atoms with E-state index in [1.54, 1.807) is 0 Å². The Bertz CT molecular complexity index is 1510. The van der Waals surface area contributed by atoms with E-state index >= 15 is 4.39 Å². The summed E-state index contributed by atoms with van der Waals surface area (Å²) in [5.74, 6) is -2.54. The third kappa shape index (κ3) is 5.68. The lowest BCUT2D eigenvalue weighted by molar-refractivity contribution is -0.137. The Kier molecular flexibility index (Phi) is 7.37. The molecule has 12 heteroatoms. The molecule has 0 spiro atoms. The fraction of sp³-hybridized carbons (Fsp3) is 0.120. The van der Waals surface area contributed by atoms with E-state index in [1.807, 2.05) is 0 Å². The molecular weight excluding hydrogens is 518 g/mol. The Morgan fingerprint density at radius 1 is 1.03 bits per heavy atom. The second-order valence-corrected chi connectivity index (χ2v) is 8.03. The van der Waals surface area contributed by atoms with Crippen molar-refractivity contribution in [2.45, 2.75) is 6.18 Å². The highest BCUT2D eigenvalue weighted by Gasteiger charge is 2.33. The molecule has 3 aromatic carbocycles. The van der Waals surface area contributed by atoms with E-state index in [-0.39, 0.29) is 41.5 Å². The van der Waals surface area contributed by atoms with Crippen LogP contribution in [0.2, 0.25) is 5.02 Å². The largest absolute Gasteiger partial charge is 0.474 e. The van der Waals surface area contributed by atoms with Crippen molar-refractivity contribution in [2.75, 3.05) is 18.5 Å². The molecule has 1 amide bonds. The maximum Gasteiger partial charge on any atom is 0.417 e. The van der Waals surface area contributed by atoms with Crippen LogP contribution in [0.25, 0.3) is 11.0 Å². The summed E-state index contributed by atoms with van der Waals surface area (Å²) in [5.41, 5.74) is -1.23. The quantitative estimate of drug-likeness (QED) is 0.247. The monoisotopic (exact) mass is 533 g/mol. The van der Waals surface area contributed by atoms with Gasteiger partial charge in [-0.15, -0.1) is 0 Å². The lowest BCUT2D eigenvalue weighted by Gasteiger charge is -2.12. The highest BCUT2D eigenvalue weighted by Crippen LogP contribution is 2.35. The van der Waals surface area contributed by atoms with E-state index in [4.69, 9.17) is 21.4 Å². The average molecular weight is 534 g/mol. The first-order valence-electron chi connectivity index (χ1n) is 10.6. The van der Waals surface area contributed by atoms with Gasteiger partial charge in [0, 0.05) is 11.1 Å². The topological polar surface area (TPSA) is 101 Å². The maximum absolute atomic E-state index is 15.2. The molecule has 0 unspecified atom stereocenters. The number of halogens is 5. The van der Waals surface area contributed by atoms with Crippen molar-refractivity contribution in [2.24, 2.45) is 0 Å². The second-order valence-electron chi connectivity index (χ2n) is 7.63. The number of hydrogen-bond donors (Lipinski definition) is 2. The van der Waals surface area contributed by atoms with Gasteiger partial charge in [0.2, 0.25) is 5.88 Å². The zero-order valence-electron chi connectivity index (χ0n) is 18.6. The molecule has 0 saturated carbocycles. The number of amides is 1. The maximum atomic E-state index is 15.2. The number of nitrogens with zero attached hydrogens (tertiary/aromatic N) is 2.